The predicted molar refractivity (Wildman–Crippen MR) is 151 cm³/mol. The Labute approximate surface area is 228 Å². The van der Waals surface area contributed by atoms with E-state index < -0.39 is 31.3 Å². The minimum Gasteiger partial charge on any atom is -0.462 e. The average Bonchev–Trinajstić information content (AvgIpc) is 2.83. The molecule has 1 atom stereocenters. The Balaban J connectivity index is 2.19. The van der Waals surface area contributed by atoms with Crippen LogP contribution >= 0.6 is 11.6 Å². The first kappa shape index (κ1) is 30.0. The largest absolute Gasteiger partial charge is 0.462 e. The molecule has 3 rings (SSSR count). The highest BCUT2D eigenvalue weighted by Gasteiger charge is 2.38. The SMILES string of the molecule is CCOC(=O)c1cn([C@@H](CC)CCC(C)(C)[Si](C)(C)O)c2cc(F)c(Cc3cccc(Cl)c3F)cc2c1=O. The number of esters is 1. The zero-order valence-electron chi connectivity index (χ0n) is 22.8. The fourth-order valence-corrected chi connectivity index (χ4v) is 5.42. The molecule has 1 N–H and O–H groups in total. The van der Waals surface area contributed by atoms with Gasteiger partial charge in [0.25, 0.3) is 0 Å². The highest BCUT2D eigenvalue weighted by atomic mass is 35.5. The molecule has 206 valence electrons. The van der Waals surface area contributed by atoms with E-state index in [1.807, 2.05) is 33.9 Å². The van der Waals surface area contributed by atoms with E-state index in [2.05, 4.69) is 0 Å². The van der Waals surface area contributed by atoms with Crippen LogP contribution in [0.15, 0.2) is 41.3 Å². The van der Waals surface area contributed by atoms with Crippen molar-refractivity contribution in [3.63, 3.8) is 0 Å². The van der Waals surface area contributed by atoms with Gasteiger partial charge in [0.1, 0.15) is 17.2 Å². The van der Waals surface area contributed by atoms with E-state index in [4.69, 9.17) is 16.3 Å². The number of carbonyl (C=O) groups is 1. The van der Waals surface area contributed by atoms with Crippen LogP contribution in [0.2, 0.25) is 23.2 Å². The third kappa shape index (κ3) is 6.19. The Kier molecular flexibility index (Phi) is 9.22. The molecule has 0 amide bonds. The number of halogens is 3. The highest BCUT2D eigenvalue weighted by molar-refractivity contribution is 6.72. The number of rotatable bonds is 10. The Hall–Kier alpha value is -2.55. The summed E-state index contributed by atoms with van der Waals surface area (Å²) in [6, 6.07) is 7.01. The van der Waals surface area contributed by atoms with Crippen LogP contribution in [0.5, 0.6) is 0 Å². The Bertz CT molecular complexity index is 1400. The van der Waals surface area contributed by atoms with E-state index in [1.54, 1.807) is 17.6 Å². The number of hydrogen-bond acceptors (Lipinski definition) is 4. The second kappa shape index (κ2) is 11.7. The smallest absolute Gasteiger partial charge is 0.343 e. The van der Waals surface area contributed by atoms with Crippen molar-refractivity contribution in [2.45, 2.75) is 77.6 Å². The molecule has 0 fully saturated rings. The van der Waals surface area contributed by atoms with Gasteiger partial charge in [0, 0.05) is 24.0 Å². The van der Waals surface area contributed by atoms with Gasteiger partial charge in [-0.25, -0.2) is 13.6 Å². The molecular formula is C29H36ClF2NO4Si. The van der Waals surface area contributed by atoms with Crippen molar-refractivity contribution >= 4 is 36.8 Å². The molecule has 1 aromatic heterocycles. The maximum atomic E-state index is 15.4. The molecule has 2 aromatic carbocycles. The minimum absolute atomic E-state index is 0.0709. The number of aromatic nitrogens is 1. The van der Waals surface area contributed by atoms with Crippen molar-refractivity contribution in [2.24, 2.45) is 0 Å². The number of benzene rings is 2. The van der Waals surface area contributed by atoms with Crippen molar-refractivity contribution in [3.05, 3.63) is 80.1 Å². The van der Waals surface area contributed by atoms with E-state index in [0.29, 0.717) is 24.8 Å². The third-order valence-corrected chi connectivity index (χ3v) is 11.6. The normalized spacial score (nSPS) is 13.1. The molecule has 1 heterocycles. The number of pyridine rings is 1. The Morgan fingerprint density at radius 1 is 1.18 bits per heavy atom. The summed E-state index contributed by atoms with van der Waals surface area (Å²) in [5.41, 5.74) is -0.0457. The maximum absolute atomic E-state index is 15.4. The number of nitrogens with zero attached hydrogens (tertiary/aromatic N) is 1. The predicted octanol–water partition coefficient (Wildman–Crippen LogP) is 7.41. The lowest BCUT2D eigenvalue weighted by molar-refractivity contribution is 0.0524. The van der Waals surface area contributed by atoms with E-state index >= 15 is 4.39 Å². The molecule has 0 saturated heterocycles. The lowest BCUT2D eigenvalue weighted by Crippen LogP contribution is -2.39. The summed E-state index contributed by atoms with van der Waals surface area (Å²) in [6.07, 6.45) is 3.36. The molecule has 0 saturated carbocycles. The van der Waals surface area contributed by atoms with Gasteiger partial charge in [-0.15, -0.1) is 0 Å². The first-order valence-electron chi connectivity index (χ1n) is 12.9. The van der Waals surface area contributed by atoms with E-state index in [-0.39, 0.29) is 51.2 Å². The molecule has 0 spiro atoms. The summed E-state index contributed by atoms with van der Waals surface area (Å²) in [6.45, 7) is 11.6. The number of fused-ring (bicyclic) bond motifs is 1. The van der Waals surface area contributed by atoms with Gasteiger partial charge >= 0.3 is 5.97 Å². The van der Waals surface area contributed by atoms with Gasteiger partial charge in [0.15, 0.2) is 8.32 Å². The number of carbonyl (C=O) groups excluding carboxylic acids is 1. The van der Waals surface area contributed by atoms with Gasteiger partial charge in [0.05, 0.1) is 17.1 Å². The lowest BCUT2D eigenvalue weighted by Gasteiger charge is -2.36. The zero-order chi connectivity index (χ0) is 28.4. The average molecular weight is 564 g/mol. The van der Waals surface area contributed by atoms with Crippen molar-refractivity contribution in [1.82, 2.24) is 4.57 Å². The lowest BCUT2D eigenvalue weighted by atomic mass is 9.98. The van der Waals surface area contributed by atoms with Crippen molar-refractivity contribution in [2.75, 3.05) is 6.61 Å². The van der Waals surface area contributed by atoms with Crippen molar-refractivity contribution in [3.8, 4) is 0 Å². The zero-order valence-corrected chi connectivity index (χ0v) is 24.6. The number of hydrogen-bond donors (Lipinski definition) is 1. The van der Waals surface area contributed by atoms with Gasteiger partial charge in [-0.2, -0.15) is 0 Å². The summed E-state index contributed by atoms with van der Waals surface area (Å²) in [7, 11) is -2.46. The molecule has 0 unspecified atom stereocenters. The van der Waals surface area contributed by atoms with Crippen LogP contribution in [0.3, 0.4) is 0 Å². The van der Waals surface area contributed by atoms with Gasteiger partial charge in [-0.1, -0.05) is 44.5 Å². The van der Waals surface area contributed by atoms with Crippen molar-refractivity contribution in [1.29, 1.82) is 0 Å². The van der Waals surface area contributed by atoms with Crippen LogP contribution in [-0.4, -0.2) is 30.3 Å². The molecular weight excluding hydrogens is 528 g/mol. The van der Waals surface area contributed by atoms with Crippen LogP contribution in [-0.2, 0) is 11.2 Å². The molecule has 3 aromatic rings. The quantitative estimate of drug-likeness (QED) is 0.206. The van der Waals surface area contributed by atoms with Gasteiger partial charge in [0.2, 0.25) is 5.43 Å². The van der Waals surface area contributed by atoms with Gasteiger partial charge in [-0.05, 0) is 73.6 Å². The Morgan fingerprint density at radius 2 is 1.87 bits per heavy atom. The first-order chi connectivity index (χ1) is 17.7. The highest BCUT2D eigenvalue weighted by Crippen LogP contribution is 2.42. The minimum atomic E-state index is -2.46. The topological polar surface area (TPSA) is 68.5 Å². The first-order valence-corrected chi connectivity index (χ1v) is 16.2. The third-order valence-electron chi connectivity index (χ3n) is 7.73. The summed E-state index contributed by atoms with van der Waals surface area (Å²) in [5.74, 6) is -1.98. The monoisotopic (exact) mass is 563 g/mol. The number of ether oxygens (including phenoxy) is 1. The summed E-state index contributed by atoms with van der Waals surface area (Å²) in [4.78, 5) is 36.9. The molecule has 5 nitrogen and oxygen atoms in total. The van der Waals surface area contributed by atoms with Crippen molar-refractivity contribution < 1.29 is 23.1 Å². The standard InChI is InChI=1S/C29H36ClF2NO4Si/c1-7-20(12-13-29(3,4)38(5,6)36)33-17-22(28(35)37-8-2)27(34)21-15-19(24(31)16-25(21)33)14-18-10-9-11-23(30)26(18)32/h9-11,15-17,20,36H,7-8,12-14H2,1-6H3/t20-/m0/s1. The fourth-order valence-electron chi connectivity index (χ4n) is 4.47. The molecule has 0 radical (unpaired) electrons. The molecule has 38 heavy (non-hydrogen) atoms. The molecule has 0 aliphatic carbocycles. The maximum Gasteiger partial charge on any atom is 0.343 e. The van der Waals surface area contributed by atoms with Crippen LogP contribution in [0.4, 0.5) is 8.78 Å². The van der Waals surface area contributed by atoms with Crippen LogP contribution in [0.25, 0.3) is 10.9 Å². The van der Waals surface area contributed by atoms with Crippen LogP contribution < -0.4 is 5.43 Å². The van der Waals surface area contributed by atoms with Gasteiger partial charge < -0.3 is 14.1 Å². The summed E-state index contributed by atoms with van der Waals surface area (Å²) in [5, 5.41) is -0.193. The van der Waals surface area contributed by atoms with Crippen LogP contribution in [0, 0.1) is 11.6 Å². The second-order valence-corrected chi connectivity index (χ2v) is 15.8. The molecule has 0 aliphatic heterocycles. The van der Waals surface area contributed by atoms with E-state index in [9.17, 15) is 18.8 Å². The van der Waals surface area contributed by atoms with Crippen LogP contribution in [0.1, 0.15) is 74.5 Å². The van der Waals surface area contributed by atoms with Gasteiger partial charge in [-0.3, -0.25) is 4.79 Å². The molecule has 9 heteroatoms. The van der Waals surface area contributed by atoms with E-state index in [1.165, 1.54) is 30.5 Å². The molecule has 0 aliphatic rings. The molecule has 0 bridgehead atoms. The fraction of sp³-hybridized carbons (Fsp3) is 0.448. The second-order valence-electron chi connectivity index (χ2n) is 10.9. The van der Waals surface area contributed by atoms with E-state index in [0.717, 1.165) is 0 Å². The summed E-state index contributed by atoms with van der Waals surface area (Å²) < 4.78 is 36.9. The summed E-state index contributed by atoms with van der Waals surface area (Å²) >= 11 is 5.90. The Morgan fingerprint density at radius 3 is 2.47 bits per heavy atom.